The van der Waals surface area contributed by atoms with E-state index in [1.165, 1.54) is 119 Å². The fraction of sp³-hybridized carbons (Fsp3) is 0.268. The molecule has 12 aromatic rings. The smallest absolute Gasteiger partial charge is 1.00 e. The zero-order valence-corrected chi connectivity index (χ0v) is 61.4. The maximum Gasteiger partial charge on any atom is 1.00 e. The van der Waals surface area contributed by atoms with E-state index in [2.05, 4.69) is 50.8 Å². The quantitative estimate of drug-likeness (QED) is 0.0517. The number of carbonyl (C=O) groups is 2. The fourth-order valence-electron chi connectivity index (χ4n) is 9.62. The monoisotopic (exact) mass is 1540 g/mol. The second-order valence-corrected chi connectivity index (χ2v) is 24.0. The summed E-state index contributed by atoms with van der Waals surface area (Å²) in [6.45, 7) is 12.1. The average molecular weight is 1540 g/mol. The Bertz CT molecular complexity index is 4680. The minimum atomic E-state index is -2.59. The Balaban J connectivity index is 0.000000239. The number of aromatic nitrogens is 12. The molecule has 1 aliphatic heterocycles. The number of ether oxygens (including phenoxy) is 2. The Kier molecular flexibility index (Phi) is 31.6. The Hall–Kier alpha value is -9.27. The van der Waals surface area contributed by atoms with Gasteiger partial charge in [-0.25, -0.2) is 92.2 Å². The number of nitrogens with one attached hydrogen (secondary N) is 1. The average Bonchev–Trinajstić information content (AvgIpc) is 1.62. The van der Waals surface area contributed by atoms with Crippen LogP contribution < -0.4 is 35.0 Å². The summed E-state index contributed by atoms with van der Waals surface area (Å²) < 4.78 is 178. The molecule has 0 saturated carbocycles. The van der Waals surface area contributed by atoms with E-state index in [1.54, 1.807) is 89.9 Å². The number of aromatic amines is 1. The molecule has 18 nitrogen and oxygen atoms in total. The van der Waals surface area contributed by atoms with Crippen molar-refractivity contribution in [3.05, 3.63) is 223 Å². The molecule has 4 aromatic carbocycles. The van der Waals surface area contributed by atoms with Gasteiger partial charge in [-0.2, -0.15) is 0 Å². The molecular weight excluding hydrogens is 1470 g/mol. The van der Waals surface area contributed by atoms with E-state index in [1.807, 2.05) is 46.0 Å². The molecule has 13 rings (SSSR count). The summed E-state index contributed by atoms with van der Waals surface area (Å²) in [4.78, 5) is 51.7. The van der Waals surface area contributed by atoms with Crippen LogP contribution >= 0.6 is 15.9 Å². The standard InChI is InChI=1S/C21H17F3N4O2.C16H21BN2O4.C11H8BrF3N2.C11H9F3N2.C9H7FN2.C3H6F2.B.Na.H/c1-2-30-21(29)16-9-25-18-8-5-14(10-28(16)18)20-19(13-3-6-15(22)7-4-13)26-12-27(20)11-17(23)24;1-6-21-14(20)12-9-18-13-8-7-11(10-19(12)13)17-22-15(2,3)16(4,5)23-17;12-11-10(7-1-3-8(13)4-2-7)16-6-17(11)5-9(14)15;12-9-3-1-8(2-4-9)10-5-16(7-15-10)6-11(13)14;10-8-3-1-7(2-4-8)9-5-11-6-12-9;1-2-3(4)5;;;/h3-10,12,17H,2,11H2,1H3;7-10H,6H2,1-5H3;1-4,6,9H,5H2;1-5,7,11H,6H2;1-6H,(H,11,12);3H,2H2,1H3;;;/q;;;;;;;+1;-1. The van der Waals surface area contributed by atoms with E-state index in [9.17, 15) is 62.3 Å². The Morgan fingerprint density at radius 1 is 0.524 bits per heavy atom. The van der Waals surface area contributed by atoms with Gasteiger partial charge in [-0.1, -0.05) is 13.0 Å². The summed E-state index contributed by atoms with van der Waals surface area (Å²) in [7, 11) is -0.484. The number of rotatable bonds is 17. The number of hydrogen-bond acceptors (Lipinski definition) is 12. The van der Waals surface area contributed by atoms with Crippen LogP contribution in [0.4, 0.5) is 52.7 Å². The van der Waals surface area contributed by atoms with E-state index < -0.39 is 74.9 Å². The number of benzene rings is 4. The predicted octanol–water partition coefficient (Wildman–Crippen LogP) is 13.5. The number of carbonyl (C=O) groups excluding carboxylic acids is 2. The normalized spacial score (nSPS) is 12.6. The van der Waals surface area contributed by atoms with E-state index in [0.29, 0.717) is 73.2 Å². The minimum absolute atomic E-state index is 0. The van der Waals surface area contributed by atoms with Crippen LogP contribution in [0, 0.1) is 23.3 Å². The van der Waals surface area contributed by atoms with Crippen molar-refractivity contribution in [1.82, 2.24) is 57.4 Å². The zero-order chi connectivity index (χ0) is 74.7. The van der Waals surface area contributed by atoms with Gasteiger partial charge in [-0.05, 0) is 184 Å². The second-order valence-electron chi connectivity index (χ2n) is 23.2. The molecule has 105 heavy (non-hydrogen) atoms. The molecule has 8 aromatic heterocycles. The molecule has 0 bridgehead atoms. The molecule has 34 heteroatoms. The number of hydrogen-bond donors (Lipinski definition) is 1. The van der Waals surface area contributed by atoms with Crippen LogP contribution in [0.1, 0.15) is 77.3 Å². The van der Waals surface area contributed by atoms with Gasteiger partial charge in [0.2, 0.25) is 6.43 Å². The number of nitrogens with zero attached hydrogens (tertiary/aromatic N) is 11. The summed E-state index contributed by atoms with van der Waals surface area (Å²) in [5.41, 5.74) is 8.06. The molecule has 0 unspecified atom stereocenters. The maximum absolute atomic E-state index is 13.3. The molecule has 1 fully saturated rings. The Labute approximate surface area is 629 Å². The largest absolute Gasteiger partial charge is 1.00 e. The third-order valence-corrected chi connectivity index (χ3v) is 16.2. The summed E-state index contributed by atoms with van der Waals surface area (Å²) in [6, 6.07) is 30.5. The number of alkyl halides is 8. The van der Waals surface area contributed by atoms with Gasteiger partial charge in [0, 0.05) is 55.7 Å². The SMILES string of the molecule is CCC(F)F.CCOC(=O)c1cnc2ccc(-c3c(-c4ccc(F)cc4)ncn3CC(F)F)cn12.CCOC(=O)c1cnc2ccc(B3OC(C)(C)C(C)(C)O3)cn12.Fc1ccc(-c2cn(CC(F)F)cn2)cc1.Fc1ccc(-c2cnc[nH]2)cc1.Fc1ccc(-c2ncn(CC(F)F)c2Br)cc1.[B].[H-].[Na+]. The topological polar surface area (TPSA) is 188 Å². The van der Waals surface area contributed by atoms with Crippen molar-refractivity contribution in [2.24, 2.45) is 0 Å². The van der Waals surface area contributed by atoms with E-state index >= 15 is 0 Å². The van der Waals surface area contributed by atoms with Gasteiger partial charge in [-0.15, -0.1) is 0 Å². The molecule has 9 heterocycles. The number of imidazole rings is 6. The predicted molar refractivity (Wildman–Crippen MR) is 373 cm³/mol. The first-order chi connectivity index (χ1) is 49.1. The number of fused-ring (bicyclic) bond motifs is 2. The van der Waals surface area contributed by atoms with Crippen LogP contribution in [0.25, 0.3) is 67.6 Å². The molecular formula is C71H69B2BrF12N12NaO6. The molecule has 0 aliphatic carbocycles. The molecule has 547 valence electrons. The van der Waals surface area contributed by atoms with Crippen molar-refractivity contribution in [1.29, 1.82) is 0 Å². The number of halogens is 13. The van der Waals surface area contributed by atoms with Crippen LogP contribution in [-0.2, 0) is 38.4 Å². The van der Waals surface area contributed by atoms with Gasteiger partial charge < -0.3 is 38.9 Å². The number of esters is 2. The van der Waals surface area contributed by atoms with Gasteiger partial charge >= 0.3 is 48.6 Å². The molecule has 0 spiro atoms. The number of pyridine rings is 2. The summed E-state index contributed by atoms with van der Waals surface area (Å²) in [5, 5.41) is 0. The van der Waals surface area contributed by atoms with Crippen LogP contribution in [0.2, 0.25) is 0 Å². The maximum atomic E-state index is 13.3. The van der Waals surface area contributed by atoms with E-state index in [0.717, 1.165) is 16.7 Å². The van der Waals surface area contributed by atoms with Crippen LogP contribution in [0.15, 0.2) is 188 Å². The second kappa shape index (κ2) is 39.2. The third-order valence-electron chi connectivity index (χ3n) is 15.4. The molecule has 0 amide bonds. The van der Waals surface area contributed by atoms with Crippen molar-refractivity contribution in [2.75, 3.05) is 13.2 Å². The van der Waals surface area contributed by atoms with Crippen LogP contribution in [0.3, 0.4) is 0 Å². The molecule has 1 aliphatic rings. The Morgan fingerprint density at radius 2 is 0.952 bits per heavy atom. The summed E-state index contributed by atoms with van der Waals surface area (Å²) >= 11 is 3.21. The fourth-order valence-corrected chi connectivity index (χ4v) is 10.2. The van der Waals surface area contributed by atoms with Crippen molar-refractivity contribution in [2.45, 2.75) is 111 Å². The van der Waals surface area contributed by atoms with Crippen molar-refractivity contribution < 1.29 is 112 Å². The Morgan fingerprint density at radius 3 is 1.42 bits per heavy atom. The third kappa shape index (κ3) is 23.1. The summed E-state index contributed by atoms with van der Waals surface area (Å²) in [5.74, 6) is -2.26. The van der Waals surface area contributed by atoms with Gasteiger partial charge in [0.25, 0.3) is 19.3 Å². The van der Waals surface area contributed by atoms with Gasteiger partial charge in [0.15, 0.2) is 11.4 Å². The van der Waals surface area contributed by atoms with Crippen LogP contribution in [-0.4, -0.2) is 135 Å². The molecule has 1 N–H and O–H groups in total. The van der Waals surface area contributed by atoms with Crippen molar-refractivity contribution in [3.8, 4) is 56.3 Å². The molecule has 0 atom stereocenters. The summed E-state index contributed by atoms with van der Waals surface area (Å²) in [6.07, 6.45) is 5.57. The van der Waals surface area contributed by atoms with Crippen molar-refractivity contribution in [3.63, 3.8) is 0 Å². The van der Waals surface area contributed by atoms with Crippen molar-refractivity contribution >= 4 is 60.2 Å². The number of H-pyrrole nitrogens is 1. The minimum Gasteiger partial charge on any atom is -1.00 e. The first-order valence-electron chi connectivity index (χ1n) is 31.6. The van der Waals surface area contributed by atoms with E-state index in [4.69, 9.17) is 18.8 Å². The van der Waals surface area contributed by atoms with Gasteiger partial charge in [0.05, 0.1) is 111 Å². The first-order valence-corrected chi connectivity index (χ1v) is 32.4. The molecule has 3 radical (unpaired) electrons. The first kappa shape index (κ1) is 84.7. The van der Waals surface area contributed by atoms with Gasteiger partial charge in [-0.3, -0.25) is 8.80 Å². The van der Waals surface area contributed by atoms with Gasteiger partial charge in [0.1, 0.15) is 44.9 Å². The zero-order valence-electron chi connectivity index (χ0n) is 58.8. The molecule has 1 saturated heterocycles. The van der Waals surface area contributed by atoms with E-state index in [-0.39, 0.29) is 82.1 Å². The van der Waals surface area contributed by atoms with Crippen LogP contribution in [0.5, 0.6) is 0 Å².